The first-order valence-corrected chi connectivity index (χ1v) is 19.6. The van der Waals surface area contributed by atoms with Crippen molar-refractivity contribution >= 4 is 56.0 Å². The van der Waals surface area contributed by atoms with Gasteiger partial charge >= 0.3 is 16.2 Å². The fourth-order valence-electron chi connectivity index (χ4n) is 7.43. The van der Waals surface area contributed by atoms with Gasteiger partial charge in [0.1, 0.15) is 17.6 Å². The summed E-state index contributed by atoms with van der Waals surface area (Å²) in [4.78, 5) is 39.9. The summed E-state index contributed by atoms with van der Waals surface area (Å²) in [5.74, 6) is -1.21. The number of H-pyrrole nitrogens is 1. The Kier molecular flexibility index (Phi) is 11.0. The fraction of sp³-hybridized carbons (Fsp3) is 0.432. The van der Waals surface area contributed by atoms with E-state index in [2.05, 4.69) is 41.5 Å². The molecule has 1 atom stereocenters. The number of aromatic nitrogens is 2. The zero-order valence-electron chi connectivity index (χ0n) is 29.4. The number of aromatic amines is 1. The molecule has 0 unspecified atom stereocenters. The second kappa shape index (κ2) is 15.7. The average Bonchev–Trinajstić information content (AvgIpc) is 3.80. The number of methoxy groups -OCH3 is 1. The lowest BCUT2D eigenvalue weighted by Gasteiger charge is -2.39. The zero-order valence-corrected chi connectivity index (χ0v) is 30.9. The van der Waals surface area contributed by atoms with E-state index >= 15 is 4.39 Å². The first-order valence-electron chi connectivity index (χ1n) is 17.8. The number of ketones is 1. The number of benzene rings is 2. The number of likely N-dealkylation sites (tertiary alicyclic amines) is 1. The van der Waals surface area contributed by atoms with Gasteiger partial charge in [0, 0.05) is 80.4 Å². The lowest BCUT2D eigenvalue weighted by Crippen LogP contribution is -2.49. The molecule has 3 aliphatic rings. The number of hydrogen-bond donors (Lipinski definition) is 2. The van der Waals surface area contributed by atoms with Crippen LogP contribution in [-0.2, 0) is 19.7 Å². The number of halogens is 3. The van der Waals surface area contributed by atoms with Crippen molar-refractivity contribution in [1.82, 2.24) is 24.1 Å². The Morgan fingerprint density at radius 3 is 2.40 bits per heavy atom. The lowest BCUT2D eigenvalue weighted by molar-refractivity contribution is -0.142. The normalized spacial score (nSPS) is 19.5. The number of piperidine rings is 1. The van der Waals surface area contributed by atoms with Crippen molar-refractivity contribution in [1.29, 1.82) is 0 Å². The molecule has 2 aromatic carbocycles. The summed E-state index contributed by atoms with van der Waals surface area (Å²) in [5.41, 5.74) is 2.62. The smallest absolute Gasteiger partial charge is 0.319 e. The summed E-state index contributed by atoms with van der Waals surface area (Å²) < 4.78 is 62.6. The summed E-state index contributed by atoms with van der Waals surface area (Å²) >= 11 is 6.47. The Morgan fingerprint density at radius 1 is 0.981 bits per heavy atom. The molecular formula is C37H42ClF2N7O5S. The molecule has 4 aromatic rings. The molecule has 0 aliphatic carbocycles. The highest BCUT2D eigenvalue weighted by molar-refractivity contribution is 7.90. The van der Waals surface area contributed by atoms with E-state index in [0.717, 1.165) is 91.9 Å². The Bertz CT molecular complexity index is 2080. The summed E-state index contributed by atoms with van der Waals surface area (Å²) in [6, 6.07) is 12.1. The molecule has 5 heterocycles. The van der Waals surface area contributed by atoms with Gasteiger partial charge in [-0.15, -0.1) is 0 Å². The molecule has 2 N–H and O–H groups in total. The minimum absolute atomic E-state index is 0.00539. The standard InChI is InChI=1S/C37H42ClF2N7O5S/c1-52-33(48)23-44-11-8-24(9-12-44)21-45-14-16-46(17-15-45)28-4-2-25(3-5-28)26-18-29-30(20-42-37(29)41-19-26)36(49)34-31(40)6-7-32(35(34)38)43-53(50,51)47-13-10-27(39)22-47/h2-7,18-20,24,27,43H,8-17,21-23H2,1H3,(H,41,42)/t27-/m1/s1. The maximum atomic E-state index is 15.2. The number of pyridine rings is 1. The third kappa shape index (κ3) is 8.19. The van der Waals surface area contributed by atoms with Crippen LogP contribution >= 0.6 is 11.6 Å². The van der Waals surface area contributed by atoms with Gasteiger partial charge in [0.2, 0.25) is 0 Å². The molecule has 7 rings (SSSR count). The molecule has 0 spiro atoms. The first-order chi connectivity index (χ1) is 25.5. The third-order valence-corrected chi connectivity index (χ3v) is 12.4. The van der Waals surface area contributed by atoms with Crippen LogP contribution in [0.3, 0.4) is 0 Å². The quantitative estimate of drug-likeness (QED) is 0.161. The van der Waals surface area contributed by atoms with E-state index in [1.54, 1.807) is 12.3 Å². The first kappa shape index (κ1) is 37.2. The van der Waals surface area contributed by atoms with Gasteiger partial charge in [-0.25, -0.2) is 13.8 Å². The predicted molar refractivity (Wildman–Crippen MR) is 200 cm³/mol. The van der Waals surface area contributed by atoms with Gasteiger partial charge in [-0.3, -0.25) is 24.1 Å². The van der Waals surface area contributed by atoms with Crippen molar-refractivity contribution in [2.45, 2.75) is 25.4 Å². The largest absolute Gasteiger partial charge is 0.468 e. The second-order valence-corrected chi connectivity index (χ2v) is 16.0. The molecule has 0 bridgehead atoms. The molecule has 0 amide bonds. The van der Waals surface area contributed by atoms with Crippen LogP contribution < -0.4 is 9.62 Å². The maximum absolute atomic E-state index is 15.2. The molecule has 3 aliphatic heterocycles. The maximum Gasteiger partial charge on any atom is 0.319 e. The number of hydrogen-bond acceptors (Lipinski definition) is 9. The number of alkyl halides is 1. The van der Waals surface area contributed by atoms with E-state index in [1.165, 1.54) is 13.3 Å². The molecule has 16 heteroatoms. The monoisotopic (exact) mass is 769 g/mol. The topological polar surface area (TPSA) is 131 Å². The van der Waals surface area contributed by atoms with E-state index in [0.29, 0.717) is 23.5 Å². The number of anilines is 2. The highest BCUT2D eigenvalue weighted by Crippen LogP contribution is 2.34. The van der Waals surface area contributed by atoms with Crippen molar-refractivity contribution in [2.24, 2.45) is 5.92 Å². The minimum atomic E-state index is -4.18. The number of nitrogens with zero attached hydrogens (tertiary/aromatic N) is 5. The Morgan fingerprint density at radius 2 is 1.72 bits per heavy atom. The summed E-state index contributed by atoms with van der Waals surface area (Å²) in [6.07, 6.45) is 4.09. The van der Waals surface area contributed by atoms with Gasteiger partial charge < -0.3 is 14.6 Å². The van der Waals surface area contributed by atoms with Crippen molar-refractivity contribution in [3.05, 3.63) is 76.8 Å². The van der Waals surface area contributed by atoms with Crippen LogP contribution in [0, 0.1) is 11.7 Å². The molecule has 0 radical (unpaired) electrons. The number of esters is 1. The van der Waals surface area contributed by atoms with Crippen LogP contribution in [0.25, 0.3) is 22.2 Å². The summed E-state index contributed by atoms with van der Waals surface area (Å²) in [5, 5.41) is 0.0524. The predicted octanol–water partition coefficient (Wildman–Crippen LogP) is 4.96. The van der Waals surface area contributed by atoms with Crippen LogP contribution in [0.2, 0.25) is 5.02 Å². The third-order valence-electron chi connectivity index (χ3n) is 10.5. The van der Waals surface area contributed by atoms with Gasteiger partial charge in [-0.1, -0.05) is 23.7 Å². The van der Waals surface area contributed by atoms with Gasteiger partial charge in [-0.05, 0) is 74.2 Å². The van der Waals surface area contributed by atoms with Gasteiger partial charge in [-0.2, -0.15) is 12.7 Å². The average molecular weight is 770 g/mol. The van der Waals surface area contributed by atoms with Gasteiger partial charge in [0.15, 0.2) is 5.78 Å². The molecule has 3 fully saturated rings. The number of carbonyl (C=O) groups is 2. The van der Waals surface area contributed by atoms with E-state index in [-0.39, 0.29) is 36.7 Å². The van der Waals surface area contributed by atoms with E-state index < -0.39 is 38.6 Å². The Labute approximate surface area is 312 Å². The van der Waals surface area contributed by atoms with Crippen LogP contribution in [-0.4, -0.2) is 123 Å². The second-order valence-electron chi connectivity index (χ2n) is 13.9. The SMILES string of the molecule is COC(=O)CN1CCC(CN2CCN(c3ccc(-c4cnc5[nH]cc(C(=O)c6c(F)ccc(NS(=O)(=O)N7CC[C@@H](F)C7)c6Cl)c5c4)cc3)CC2)CC1. The number of rotatable bonds is 11. The molecule has 282 valence electrons. The number of piperazine rings is 1. The number of nitrogens with one attached hydrogen (secondary N) is 2. The lowest BCUT2D eigenvalue weighted by atomic mass is 9.96. The Hall–Kier alpha value is -4.15. The van der Waals surface area contributed by atoms with Crippen molar-refractivity contribution in [3.8, 4) is 11.1 Å². The molecule has 12 nitrogen and oxygen atoms in total. The molecular weight excluding hydrogens is 728 g/mol. The zero-order chi connectivity index (χ0) is 37.3. The summed E-state index contributed by atoms with van der Waals surface area (Å²) in [6.45, 7) is 6.77. The van der Waals surface area contributed by atoms with Crippen LogP contribution in [0.15, 0.2) is 54.9 Å². The highest BCUT2D eigenvalue weighted by atomic mass is 35.5. The van der Waals surface area contributed by atoms with Crippen molar-refractivity contribution in [3.63, 3.8) is 0 Å². The highest BCUT2D eigenvalue weighted by Gasteiger charge is 2.33. The van der Waals surface area contributed by atoms with E-state index in [1.807, 2.05) is 12.1 Å². The van der Waals surface area contributed by atoms with Crippen LogP contribution in [0.5, 0.6) is 0 Å². The molecule has 3 saturated heterocycles. The van der Waals surface area contributed by atoms with Gasteiger partial charge in [0.05, 0.1) is 29.9 Å². The van der Waals surface area contributed by atoms with E-state index in [9.17, 15) is 22.4 Å². The minimum Gasteiger partial charge on any atom is -0.468 e. The number of ether oxygens (including phenoxy) is 1. The van der Waals surface area contributed by atoms with E-state index in [4.69, 9.17) is 16.3 Å². The molecule has 2 aromatic heterocycles. The number of fused-ring (bicyclic) bond motifs is 1. The summed E-state index contributed by atoms with van der Waals surface area (Å²) in [7, 11) is -2.75. The van der Waals surface area contributed by atoms with Crippen LogP contribution in [0.1, 0.15) is 35.2 Å². The van der Waals surface area contributed by atoms with Gasteiger partial charge in [0.25, 0.3) is 0 Å². The number of carbonyl (C=O) groups excluding carboxylic acids is 2. The van der Waals surface area contributed by atoms with Crippen molar-refractivity contribution < 1.29 is 31.5 Å². The molecule has 53 heavy (non-hydrogen) atoms. The van der Waals surface area contributed by atoms with Crippen LogP contribution in [0.4, 0.5) is 20.2 Å². The fourth-order valence-corrected chi connectivity index (χ4v) is 9.05. The van der Waals surface area contributed by atoms with Crippen molar-refractivity contribution in [2.75, 3.05) is 82.2 Å². The molecule has 0 saturated carbocycles. The Balaban J connectivity index is 1.000.